The van der Waals surface area contributed by atoms with Crippen molar-refractivity contribution in [1.82, 2.24) is 16.0 Å². The minimum Gasteiger partial charge on any atom is -0.481 e. The van der Waals surface area contributed by atoms with E-state index in [4.69, 9.17) is 10.8 Å². The number of carboxylic acid groups (broad SMARTS) is 2. The maximum absolute atomic E-state index is 12.8. The second kappa shape index (κ2) is 13.1. The largest absolute Gasteiger partial charge is 0.481 e. The molecule has 1 aromatic rings. The van der Waals surface area contributed by atoms with E-state index in [0.29, 0.717) is 5.56 Å². The van der Waals surface area contributed by atoms with Gasteiger partial charge in [-0.15, -0.1) is 0 Å². The molecular weight excluding hydrogens is 420 g/mol. The second-order valence-corrected chi connectivity index (χ2v) is 7.58. The summed E-state index contributed by atoms with van der Waals surface area (Å²) in [5.41, 5.74) is 5.95. The van der Waals surface area contributed by atoms with Gasteiger partial charge in [-0.3, -0.25) is 19.2 Å². The summed E-state index contributed by atoms with van der Waals surface area (Å²) in [6.45, 7) is 3.01. The fraction of sp³-hybridized carbons (Fsp3) is 0.476. The Morgan fingerprint density at radius 2 is 1.50 bits per heavy atom. The first kappa shape index (κ1) is 26.6. The number of nitrogens with one attached hydrogen (secondary N) is 3. The van der Waals surface area contributed by atoms with Gasteiger partial charge in [0.15, 0.2) is 0 Å². The van der Waals surface area contributed by atoms with E-state index in [0.717, 1.165) is 0 Å². The summed E-state index contributed by atoms with van der Waals surface area (Å²) in [6, 6.07) is 5.04. The molecule has 1 rings (SSSR count). The Bertz CT molecular complexity index is 814. The van der Waals surface area contributed by atoms with E-state index in [9.17, 15) is 29.1 Å². The van der Waals surface area contributed by atoms with E-state index in [1.165, 1.54) is 0 Å². The van der Waals surface area contributed by atoms with Gasteiger partial charge in [-0.1, -0.05) is 44.2 Å². The molecule has 11 nitrogen and oxygen atoms in total. The summed E-state index contributed by atoms with van der Waals surface area (Å²) in [7, 11) is 0. The summed E-state index contributed by atoms with van der Waals surface area (Å²) in [5, 5.41) is 25.7. The molecule has 176 valence electrons. The Kier molecular flexibility index (Phi) is 10.8. The zero-order chi connectivity index (χ0) is 24.3. The summed E-state index contributed by atoms with van der Waals surface area (Å²) in [6.07, 6.45) is -0.695. The number of hydrogen-bond acceptors (Lipinski definition) is 6. The molecule has 0 aromatic heterocycles. The third kappa shape index (κ3) is 9.13. The average Bonchev–Trinajstić information content (AvgIpc) is 2.74. The van der Waals surface area contributed by atoms with Gasteiger partial charge >= 0.3 is 11.9 Å². The summed E-state index contributed by atoms with van der Waals surface area (Å²) >= 11 is 0. The zero-order valence-electron chi connectivity index (χ0n) is 18.0. The van der Waals surface area contributed by atoms with Crippen LogP contribution in [0.5, 0.6) is 0 Å². The molecule has 0 aliphatic heterocycles. The first-order valence-electron chi connectivity index (χ1n) is 10.1. The van der Waals surface area contributed by atoms with E-state index < -0.39 is 54.2 Å². The molecule has 0 aliphatic carbocycles. The predicted molar refractivity (Wildman–Crippen MR) is 114 cm³/mol. The van der Waals surface area contributed by atoms with Gasteiger partial charge < -0.3 is 31.9 Å². The predicted octanol–water partition coefficient (Wildman–Crippen LogP) is -0.752. The van der Waals surface area contributed by atoms with Gasteiger partial charge in [-0.25, -0.2) is 4.79 Å². The van der Waals surface area contributed by atoms with E-state index in [1.807, 2.05) is 0 Å². The summed E-state index contributed by atoms with van der Waals surface area (Å²) < 4.78 is 0. The van der Waals surface area contributed by atoms with Crippen molar-refractivity contribution in [1.29, 1.82) is 0 Å². The highest BCUT2D eigenvalue weighted by atomic mass is 16.4. The van der Waals surface area contributed by atoms with Crippen LogP contribution in [0.2, 0.25) is 0 Å². The lowest BCUT2D eigenvalue weighted by atomic mass is 10.0. The van der Waals surface area contributed by atoms with Crippen LogP contribution in [-0.4, -0.2) is 64.5 Å². The van der Waals surface area contributed by atoms with Crippen molar-refractivity contribution >= 4 is 29.7 Å². The van der Waals surface area contributed by atoms with Crippen LogP contribution in [-0.2, 0) is 30.4 Å². The fourth-order valence-electron chi connectivity index (χ4n) is 2.89. The van der Waals surface area contributed by atoms with Crippen LogP contribution < -0.4 is 21.7 Å². The number of benzene rings is 1. The Hall–Kier alpha value is -3.47. The van der Waals surface area contributed by atoms with Gasteiger partial charge in [0.2, 0.25) is 17.7 Å². The highest BCUT2D eigenvalue weighted by Gasteiger charge is 2.31. The standard InChI is InChI=1S/C21H30N4O7/c1-12(2)18(25-16(26)11-22)20(30)23-14(8-9-17(27)28)19(29)24-15(21(31)32)10-13-6-4-3-5-7-13/h3-7,12,14-15,18H,8-11,22H2,1-2H3,(H,23,30)(H,24,29)(H,25,26)(H,27,28)(H,31,32). The van der Waals surface area contributed by atoms with Crippen LogP contribution in [0.15, 0.2) is 30.3 Å². The van der Waals surface area contributed by atoms with Gasteiger partial charge in [-0.05, 0) is 17.9 Å². The number of hydrogen-bond donors (Lipinski definition) is 6. The molecule has 32 heavy (non-hydrogen) atoms. The van der Waals surface area contributed by atoms with Crippen LogP contribution in [0.1, 0.15) is 32.3 Å². The lowest BCUT2D eigenvalue weighted by Crippen LogP contribution is -2.57. The number of aliphatic carboxylic acids is 2. The number of carbonyl (C=O) groups excluding carboxylic acids is 3. The monoisotopic (exact) mass is 450 g/mol. The maximum atomic E-state index is 12.8. The van der Waals surface area contributed by atoms with Crippen LogP contribution in [0.4, 0.5) is 0 Å². The van der Waals surface area contributed by atoms with Crippen molar-refractivity contribution in [2.45, 2.75) is 51.2 Å². The normalized spacial score (nSPS) is 13.5. The Morgan fingerprint density at radius 1 is 0.906 bits per heavy atom. The van der Waals surface area contributed by atoms with Gasteiger partial charge in [0, 0.05) is 12.8 Å². The molecule has 0 saturated heterocycles. The van der Waals surface area contributed by atoms with Crippen molar-refractivity contribution in [3.05, 3.63) is 35.9 Å². The van der Waals surface area contributed by atoms with Gasteiger partial charge in [0.1, 0.15) is 18.1 Å². The smallest absolute Gasteiger partial charge is 0.326 e. The molecule has 0 saturated carbocycles. The second-order valence-electron chi connectivity index (χ2n) is 7.58. The molecule has 1 aromatic carbocycles. The average molecular weight is 450 g/mol. The zero-order valence-corrected chi connectivity index (χ0v) is 18.0. The van der Waals surface area contributed by atoms with E-state index in [2.05, 4.69) is 16.0 Å². The quantitative estimate of drug-likeness (QED) is 0.226. The minimum atomic E-state index is -1.31. The molecule has 0 aliphatic rings. The Balaban J connectivity index is 2.98. The summed E-state index contributed by atoms with van der Waals surface area (Å²) in [4.78, 5) is 59.7. The van der Waals surface area contributed by atoms with Crippen LogP contribution in [0.3, 0.4) is 0 Å². The minimum absolute atomic E-state index is 0.00267. The number of amides is 3. The third-order valence-electron chi connectivity index (χ3n) is 4.63. The van der Waals surface area contributed by atoms with Crippen molar-refractivity contribution in [2.75, 3.05) is 6.54 Å². The van der Waals surface area contributed by atoms with Crippen LogP contribution >= 0.6 is 0 Å². The Labute approximate surface area is 185 Å². The number of rotatable bonds is 13. The van der Waals surface area contributed by atoms with Gasteiger partial charge in [-0.2, -0.15) is 0 Å². The first-order chi connectivity index (χ1) is 15.0. The Morgan fingerprint density at radius 3 is 2.00 bits per heavy atom. The fourth-order valence-corrected chi connectivity index (χ4v) is 2.89. The highest BCUT2D eigenvalue weighted by molar-refractivity contribution is 5.94. The van der Waals surface area contributed by atoms with Gasteiger partial charge in [0.05, 0.1) is 6.54 Å². The number of nitrogens with two attached hydrogens (primary N) is 1. The molecule has 3 unspecified atom stereocenters. The van der Waals surface area contributed by atoms with Crippen molar-refractivity contribution in [3.63, 3.8) is 0 Å². The van der Waals surface area contributed by atoms with Crippen LogP contribution in [0.25, 0.3) is 0 Å². The molecule has 0 radical (unpaired) electrons. The van der Waals surface area contributed by atoms with Crippen LogP contribution in [0, 0.1) is 5.92 Å². The van der Waals surface area contributed by atoms with E-state index in [-0.39, 0.29) is 25.3 Å². The molecule has 0 fully saturated rings. The number of carbonyl (C=O) groups is 5. The van der Waals surface area contributed by atoms with Gasteiger partial charge in [0.25, 0.3) is 0 Å². The lowest BCUT2D eigenvalue weighted by molar-refractivity contribution is -0.143. The lowest BCUT2D eigenvalue weighted by Gasteiger charge is -2.26. The summed E-state index contributed by atoms with van der Waals surface area (Å²) in [5.74, 6) is -4.93. The van der Waals surface area contributed by atoms with Crippen molar-refractivity contribution in [2.24, 2.45) is 11.7 Å². The molecular formula is C21H30N4O7. The SMILES string of the molecule is CC(C)C(NC(=O)CN)C(=O)NC(CCC(=O)O)C(=O)NC(Cc1ccccc1)C(=O)O. The topological polar surface area (TPSA) is 188 Å². The molecule has 7 N–H and O–H groups in total. The molecule has 0 spiro atoms. The molecule has 11 heteroatoms. The molecule has 0 heterocycles. The third-order valence-corrected chi connectivity index (χ3v) is 4.63. The van der Waals surface area contributed by atoms with Crippen molar-refractivity contribution in [3.8, 4) is 0 Å². The van der Waals surface area contributed by atoms with E-state index >= 15 is 0 Å². The number of carboxylic acids is 2. The molecule has 0 bridgehead atoms. The molecule has 3 amide bonds. The van der Waals surface area contributed by atoms with Crippen molar-refractivity contribution < 1.29 is 34.2 Å². The van der Waals surface area contributed by atoms with E-state index in [1.54, 1.807) is 44.2 Å². The first-order valence-corrected chi connectivity index (χ1v) is 10.1. The molecule has 3 atom stereocenters. The maximum Gasteiger partial charge on any atom is 0.326 e. The highest BCUT2D eigenvalue weighted by Crippen LogP contribution is 2.07.